The molecule has 0 saturated carbocycles. The van der Waals surface area contributed by atoms with E-state index in [1.165, 1.54) is 0 Å². The van der Waals surface area contributed by atoms with Crippen molar-refractivity contribution < 1.29 is 0 Å². The molecular formula is C13H24ClN3. The maximum Gasteiger partial charge on any atom is 0.0860 e. The molecule has 0 amide bonds. The minimum Gasteiger partial charge on any atom is -0.306 e. The van der Waals surface area contributed by atoms with Crippen LogP contribution < -0.4 is 5.32 Å². The van der Waals surface area contributed by atoms with Crippen LogP contribution in [0.15, 0.2) is 0 Å². The molecule has 0 saturated heterocycles. The van der Waals surface area contributed by atoms with E-state index < -0.39 is 0 Å². The third kappa shape index (κ3) is 3.23. The first-order valence-corrected chi connectivity index (χ1v) is 6.82. The molecular weight excluding hydrogens is 234 g/mol. The van der Waals surface area contributed by atoms with E-state index in [2.05, 4.69) is 38.1 Å². The molecule has 1 aromatic heterocycles. The molecule has 0 bridgehead atoms. The standard InChI is InChI=1S/C13H24ClN3/c1-6-13(5,7-2)15-9-11-12(14)10(4)16-17(11)8-3/h15H,6-9H2,1-5H3. The largest absolute Gasteiger partial charge is 0.306 e. The monoisotopic (exact) mass is 257 g/mol. The molecule has 3 nitrogen and oxygen atoms in total. The van der Waals surface area contributed by atoms with Crippen LogP contribution in [0.2, 0.25) is 5.02 Å². The molecule has 0 aliphatic rings. The Kier molecular flexibility index (Phi) is 5.02. The summed E-state index contributed by atoms with van der Waals surface area (Å²) in [6, 6.07) is 0. The first-order valence-electron chi connectivity index (χ1n) is 6.44. The maximum atomic E-state index is 6.28. The summed E-state index contributed by atoms with van der Waals surface area (Å²) in [6.45, 7) is 12.4. The molecule has 0 aliphatic carbocycles. The van der Waals surface area contributed by atoms with Crippen molar-refractivity contribution in [1.82, 2.24) is 15.1 Å². The Morgan fingerprint density at radius 1 is 1.29 bits per heavy atom. The predicted molar refractivity (Wildman–Crippen MR) is 73.5 cm³/mol. The van der Waals surface area contributed by atoms with E-state index in [1.807, 2.05) is 11.6 Å². The van der Waals surface area contributed by atoms with E-state index >= 15 is 0 Å². The van der Waals surface area contributed by atoms with Gasteiger partial charge in [-0.2, -0.15) is 5.10 Å². The number of rotatable bonds is 6. The van der Waals surface area contributed by atoms with E-state index in [4.69, 9.17) is 11.6 Å². The number of aryl methyl sites for hydroxylation is 2. The molecule has 0 unspecified atom stereocenters. The molecule has 0 spiro atoms. The van der Waals surface area contributed by atoms with Crippen molar-refractivity contribution in [2.45, 2.75) is 66.1 Å². The number of nitrogens with zero attached hydrogens (tertiary/aromatic N) is 2. The number of hydrogen-bond acceptors (Lipinski definition) is 2. The van der Waals surface area contributed by atoms with Gasteiger partial charge in [0, 0.05) is 18.6 Å². The Labute approximate surface area is 110 Å². The predicted octanol–water partition coefficient (Wildman–Crippen LogP) is 3.53. The fourth-order valence-electron chi connectivity index (χ4n) is 1.83. The van der Waals surface area contributed by atoms with Gasteiger partial charge in [0.05, 0.1) is 16.4 Å². The highest BCUT2D eigenvalue weighted by Crippen LogP contribution is 2.22. The number of hydrogen-bond donors (Lipinski definition) is 1. The molecule has 0 atom stereocenters. The Hall–Kier alpha value is -0.540. The van der Waals surface area contributed by atoms with Gasteiger partial charge in [-0.3, -0.25) is 4.68 Å². The lowest BCUT2D eigenvalue weighted by atomic mass is 9.95. The molecule has 17 heavy (non-hydrogen) atoms. The highest BCUT2D eigenvalue weighted by molar-refractivity contribution is 6.31. The van der Waals surface area contributed by atoms with E-state index in [9.17, 15) is 0 Å². The smallest absolute Gasteiger partial charge is 0.0860 e. The lowest BCUT2D eigenvalue weighted by Gasteiger charge is -2.28. The van der Waals surface area contributed by atoms with Crippen molar-refractivity contribution in [2.24, 2.45) is 0 Å². The van der Waals surface area contributed by atoms with Crippen LogP contribution in [0.4, 0.5) is 0 Å². The van der Waals surface area contributed by atoms with Crippen molar-refractivity contribution in [1.29, 1.82) is 0 Å². The fourth-order valence-corrected chi connectivity index (χ4v) is 2.04. The van der Waals surface area contributed by atoms with Crippen molar-refractivity contribution in [2.75, 3.05) is 0 Å². The Morgan fingerprint density at radius 3 is 2.35 bits per heavy atom. The Bertz CT molecular complexity index is 367. The molecule has 0 radical (unpaired) electrons. The zero-order chi connectivity index (χ0) is 13.1. The van der Waals surface area contributed by atoms with Crippen LogP contribution in [0.1, 0.15) is 51.9 Å². The SMILES string of the molecule is CCn1nc(C)c(Cl)c1CNC(C)(CC)CC. The topological polar surface area (TPSA) is 29.9 Å². The summed E-state index contributed by atoms with van der Waals surface area (Å²) in [4.78, 5) is 0. The molecule has 1 aromatic rings. The summed E-state index contributed by atoms with van der Waals surface area (Å²) >= 11 is 6.28. The van der Waals surface area contributed by atoms with Crippen LogP contribution in [0.3, 0.4) is 0 Å². The first-order chi connectivity index (χ1) is 7.97. The van der Waals surface area contributed by atoms with E-state index in [0.717, 1.165) is 42.3 Å². The second kappa shape index (κ2) is 5.87. The van der Waals surface area contributed by atoms with Gasteiger partial charge < -0.3 is 5.32 Å². The van der Waals surface area contributed by atoms with Crippen LogP contribution >= 0.6 is 11.6 Å². The number of aromatic nitrogens is 2. The first kappa shape index (κ1) is 14.5. The lowest BCUT2D eigenvalue weighted by molar-refractivity contribution is 0.324. The van der Waals surface area contributed by atoms with Gasteiger partial charge in [0.1, 0.15) is 0 Å². The third-order valence-corrected chi connectivity index (χ3v) is 4.19. The van der Waals surface area contributed by atoms with Crippen LogP contribution in [0.25, 0.3) is 0 Å². The second-order valence-electron chi connectivity index (χ2n) is 4.78. The lowest BCUT2D eigenvalue weighted by Crippen LogP contribution is -2.41. The number of nitrogens with one attached hydrogen (secondary N) is 1. The van der Waals surface area contributed by atoms with Gasteiger partial charge in [0.15, 0.2) is 0 Å². The van der Waals surface area contributed by atoms with Crippen molar-refractivity contribution >= 4 is 11.6 Å². The van der Waals surface area contributed by atoms with Gasteiger partial charge in [-0.25, -0.2) is 0 Å². The fraction of sp³-hybridized carbons (Fsp3) is 0.769. The van der Waals surface area contributed by atoms with Gasteiger partial charge in [-0.1, -0.05) is 25.4 Å². The van der Waals surface area contributed by atoms with Gasteiger partial charge in [0.25, 0.3) is 0 Å². The second-order valence-corrected chi connectivity index (χ2v) is 5.16. The quantitative estimate of drug-likeness (QED) is 0.845. The molecule has 1 heterocycles. The summed E-state index contributed by atoms with van der Waals surface area (Å²) in [5, 5.41) is 8.82. The average Bonchev–Trinajstić information content (AvgIpc) is 2.62. The van der Waals surface area contributed by atoms with Gasteiger partial charge in [-0.15, -0.1) is 0 Å². The van der Waals surface area contributed by atoms with Crippen molar-refractivity contribution in [3.63, 3.8) is 0 Å². The normalized spacial score (nSPS) is 12.1. The summed E-state index contributed by atoms with van der Waals surface area (Å²) < 4.78 is 1.98. The maximum absolute atomic E-state index is 6.28. The van der Waals surface area contributed by atoms with Gasteiger partial charge in [0.2, 0.25) is 0 Å². The summed E-state index contributed by atoms with van der Waals surface area (Å²) in [5.41, 5.74) is 2.19. The molecule has 98 valence electrons. The molecule has 0 aliphatic heterocycles. The third-order valence-electron chi connectivity index (χ3n) is 3.70. The molecule has 4 heteroatoms. The highest BCUT2D eigenvalue weighted by Gasteiger charge is 2.20. The highest BCUT2D eigenvalue weighted by atomic mass is 35.5. The zero-order valence-electron chi connectivity index (χ0n) is 11.6. The minimum atomic E-state index is 0.181. The number of halogens is 1. The minimum absolute atomic E-state index is 0.181. The summed E-state index contributed by atoms with van der Waals surface area (Å²) in [5.74, 6) is 0. The Balaban J connectivity index is 2.81. The molecule has 1 rings (SSSR count). The summed E-state index contributed by atoms with van der Waals surface area (Å²) in [7, 11) is 0. The van der Waals surface area contributed by atoms with Crippen LogP contribution in [-0.2, 0) is 13.1 Å². The van der Waals surface area contributed by atoms with Crippen LogP contribution in [-0.4, -0.2) is 15.3 Å². The Morgan fingerprint density at radius 2 is 1.88 bits per heavy atom. The van der Waals surface area contributed by atoms with E-state index in [1.54, 1.807) is 0 Å². The zero-order valence-corrected chi connectivity index (χ0v) is 12.4. The molecule has 0 aromatic carbocycles. The van der Waals surface area contributed by atoms with Crippen LogP contribution in [0.5, 0.6) is 0 Å². The summed E-state index contributed by atoms with van der Waals surface area (Å²) in [6.07, 6.45) is 2.22. The van der Waals surface area contributed by atoms with E-state index in [-0.39, 0.29) is 5.54 Å². The van der Waals surface area contributed by atoms with E-state index in [0.29, 0.717) is 0 Å². The van der Waals surface area contributed by atoms with Crippen molar-refractivity contribution in [3.05, 3.63) is 16.4 Å². The molecule has 1 N–H and O–H groups in total. The molecule has 0 fully saturated rings. The van der Waals surface area contributed by atoms with Crippen molar-refractivity contribution in [3.8, 4) is 0 Å². The average molecular weight is 258 g/mol. The van der Waals surface area contributed by atoms with Gasteiger partial charge in [-0.05, 0) is 33.6 Å². The van der Waals surface area contributed by atoms with Crippen LogP contribution in [0, 0.1) is 6.92 Å². The van der Waals surface area contributed by atoms with Gasteiger partial charge >= 0.3 is 0 Å².